The van der Waals surface area contributed by atoms with Crippen molar-refractivity contribution in [3.05, 3.63) is 11.6 Å². The van der Waals surface area contributed by atoms with Crippen molar-refractivity contribution in [3.8, 4) is 0 Å². The van der Waals surface area contributed by atoms with Gasteiger partial charge in [0.1, 0.15) is 0 Å². The monoisotopic (exact) mass is 171 g/mol. The largest absolute Gasteiger partial charge is 0.478 e. The Hall–Kier alpha value is -0.830. The van der Waals surface area contributed by atoms with Crippen molar-refractivity contribution < 1.29 is 9.90 Å². The van der Waals surface area contributed by atoms with E-state index in [0.717, 1.165) is 12.8 Å². The molecule has 0 saturated heterocycles. The van der Waals surface area contributed by atoms with Crippen molar-refractivity contribution in [2.45, 2.75) is 39.2 Å². The van der Waals surface area contributed by atoms with Crippen LogP contribution in [0.5, 0.6) is 0 Å². The van der Waals surface area contributed by atoms with E-state index in [9.17, 15) is 4.79 Å². The van der Waals surface area contributed by atoms with Gasteiger partial charge in [0.15, 0.2) is 0 Å². The number of hydrogen-bond donors (Lipinski definition) is 2. The zero-order valence-corrected chi connectivity index (χ0v) is 7.92. The lowest BCUT2D eigenvalue weighted by molar-refractivity contribution is -0.132. The van der Waals surface area contributed by atoms with Gasteiger partial charge < -0.3 is 10.8 Å². The minimum absolute atomic E-state index is 0.321. The van der Waals surface area contributed by atoms with Crippen LogP contribution < -0.4 is 5.73 Å². The molecule has 0 bridgehead atoms. The Morgan fingerprint density at radius 2 is 1.92 bits per heavy atom. The fourth-order valence-corrected chi connectivity index (χ4v) is 0.947. The van der Waals surface area contributed by atoms with Crippen molar-refractivity contribution in [3.63, 3.8) is 0 Å². The summed E-state index contributed by atoms with van der Waals surface area (Å²) in [5.41, 5.74) is 5.76. The van der Waals surface area contributed by atoms with Gasteiger partial charge >= 0.3 is 5.97 Å². The summed E-state index contributed by atoms with van der Waals surface area (Å²) < 4.78 is 0. The molecule has 70 valence electrons. The molecular weight excluding hydrogens is 154 g/mol. The van der Waals surface area contributed by atoms with E-state index >= 15 is 0 Å². The quantitative estimate of drug-likeness (QED) is 0.630. The van der Waals surface area contributed by atoms with Crippen LogP contribution in [-0.4, -0.2) is 16.6 Å². The van der Waals surface area contributed by atoms with Gasteiger partial charge in [0.2, 0.25) is 0 Å². The van der Waals surface area contributed by atoms with Gasteiger partial charge in [-0.25, -0.2) is 4.79 Å². The molecule has 0 heterocycles. The molecule has 0 atom stereocenters. The fourth-order valence-electron chi connectivity index (χ4n) is 0.947. The molecule has 0 aliphatic heterocycles. The molecular formula is C9H17NO2. The van der Waals surface area contributed by atoms with Gasteiger partial charge in [0.05, 0.1) is 0 Å². The van der Waals surface area contributed by atoms with Gasteiger partial charge in [-0.15, -0.1) is 0 Å². The molecule has 3 nitrogen and oxygen atoms in total. The summed E-state index contributed by atoms with van der Waals surface area (Å²) in [6.45, 7) is 5.47. The summed E-state index contributed by atoms with van der Waals surface area (Å²) in [6, 6.07) is 0. The first-order chi connectivity index (χ1) is 5.45. The van der Waals surface area contributed by atoms with E-state index in [-0.39, 0.29) is 0 Å². The first-order valence-corrected chi connectivity index (χ1v) is 4.17. The van der Waals surface area contributed by atoms with Crippen LogP contribution in [0.15, 0.2) is 11.6 Å². The molecule has 0 radical (unpaired) electrons. The predicted molar refractivity (Wildman–Crippen MR) is 48.9 cm³/mol. The average molecular weight is 171 g/mol. The van der Waals surface area contributed by atoms with Crippen molar-refractivity contribution in [2.75, 3.05) is 0 Å². The zero-order valence-electron chi connectivity index (χ0n) is 7.92. The molecule has 0 fully saturated rings. The Labute approximate surface area is 73.3 Å². The summed E-state index contributed by atoms with van der Waals surface area (Å²) in [5, 5.41) is 8.61. The summed E-state index contributed by atoms with van der Waals surface area (Å²) in [6.07, 6.45) is 3.15. The second kappa shape index (κ2) is 4.26. The molecule has 0 aromatic carbocycles. The van der Waals surface area contributed by atoms with Crippen LogP contribution in [0, 0.1) is 0 Å². The predicted octanol–water partition coefficient (Wildman–Crippen LogP) is 1.53. The first kappa shape index (κ1) is 11.2. The number of carbonyl (C=O) groups is 1. The Bertz CT molecular complexity index is 193. The van der Waals surface area contributed by atoms with E-state index in [1.54, 1.807) is 13.0 Å². The molecule has 0 rings (SSSR count). The molecule has 0 aromatic rings. The number of nitrogens with two attached hydrogens (primary N) is 1. The Balaban J connectivity index is 4.57. The third-order valence-electron chi connectivity index (χ3n) is 2.16. The molecule has 0 aromatic heterocycles. The van der Waals surface area contributed by atoms with Gasteiger partial charge in [-0.1, -0.05) is 19.9 Å². The highest BCUT2D eigenvalue weighted by molar-refractivity contribution is 5.86. The van der Waals surface area contributed by atoms with Crippen LogP contribution in [-0.2, 0) is 4.79 Å². The van der Waals surface area contributed by atoms with Crippen molar-refractivity contribution in [2.24, 2.45) is 5.73 Å². The van der Waals surface area contributed by atoms with Crippen molar-refractivity contribution in [1.29, 1.82) is 0 Å². The van der Waals surface area contributed by atoms with E-state index < -0.39 is 11.5 Å². The third-order valence-corrected chi connectivity index (χ3v) is 2.16. The van der Waals surface area contributed by atoms with Gasteiger partial charge in [-0.05, 0) is 19.8 Å². The molecule has 0 spiro atoms. The van der Waals surface area contributed by atoms with Gasteiger partial charge in [-0.3, -0.25) is 0 Å². The Kier molecular flexibility index (Phi) is 3.96. The second-order valence-electron chi connectivity index (χ2n) is 3.07. The van der Waals surface area contributed by atoms with Crippen LogP contribution in [0.3, 0.4) is 0 Å². The normalized spacial score (nSPS) is 13.2. The van der Waals surface area contributed by atoms with E-state index in [1.807, 2.05) is 13.8 Å². The van der Waals surface area contributed by atoms with Crippen molar-refractivity contribution >= 4 is 5.97 Å². The van der Waals surface area contributed by atoms with E-state index in [2.05, 4.69) is 0 Å². The number of aliphatic carboxylic acids is 1. The van der Waals surface area contributed by atoms with E-state index in [4.69, 9.17) is 10.8 Å². The van der Waals surface area contributed by atoms with Crippen LogP contribution in [0.2, 0.25) is 0 Å². The summed E-state index contributed by atoms with van der Waals surface area (Å²) in [5.74, 6) is -0.897. The van der Waals surface area contributed by atoms with Crippen molar-refractivity contribution in [1.82, 2.24) is 0 Å². The minimum atomic E-state index is -0.897. The smallest absolute Gasteiger partial charge is 0.331 e. The third kappa shape index (κ3) is 3.05. The van der Waals surface area contributed by atoms with Crippen LogP contribution in [0.1, 0.15) is 33.6 Å². The average Bonchev–Trinajstić information content (AvgIpc) is 2.04. The molecule has 3 heteroatoms. The molecule has 3 N–H and O–H groups in total. The zero-order chi connectivity index (χ0) is 9.78. The highest BCUT2D eigenvalue weighted by Gasteiger charge is 2.18. The molecule has 0 aliphatic carbocycles. The number of hydrogen-bond acceptors (Lipinski definition) is 2. The van der Waals surface area contributed by atoms with Gasteiger partial charge in [0.25, 0.3) is 0 Å². The highest BCUT2D eigenvalue weighted by atomic mass is 16.4. The SMILES string of the molecule is CCC(N)(/C=C(\C)C(=O)O)CC. The summed E-state index contributed by atoms with van der Waals surface area (Å²) >= 11 is 0. The number of carboxylic acid groups (broad SMARTS) is 1. The maximum atomic E-state index is 10.5. The van der Waals surface area contributed by atoms with Crippen LogP contribution in [0.4, 0.5) is 0 Å². The number of rotatable bonds is 4. The fraction of sp³-hybridized carbons (Fsp3) is 0.667. The lowest BCUT2D eigenvalue weighted by atomic mass is 9.92. The standard InChI is InChI=1S/C9H17NO2/c1-4-9(10,5-2)6-7(3)8(11)12/h6H,4-5,10H2,1-3H3,(H,11,12)/b7-6+. The first-order valence-electron chi connectivity index (χ1n) is 4.17. The molecule has 0 aliphatic rings. The molecule has 12 heavy (non-hydrogen) atoms. The van der Waals surface area contributed by atoms with Gasteiger partial charge in [0, 0.05) is 11.1 Å². The van der Waals surface area contributed by atoms with E-state index in [0.29, 0.717) is 5.57 Å². The molecule has 0 unspecified atom stereocenters. The minimum Gasteiger partial charge on any atom is -0.478 e. The topological polar surface area (TPSA) is 63.3 Å². The van der Waals surface area contributed by atoms with Crippen LogP contribution in [0.25, 0.3) is 0 Å². The van der Waals surface area contributed by atoms with E-state index in [1.165, 1.54) is 0 Å². The maximum Gasteiger partial charge on any atom is 0.331 e. The Morgan fingerprint density at radius 1 is 1.50 bits per heavy atom. The lowest BCUT2D eigenvalue weighted by Crippen LogP contribution is -2.36. The lowest BCUT2D eigenvalue weighted by Gasteiger charge is -2.22. The Morgan fingerprint density at radius 3 is 2.17 bits per heavy atom. The highest BCUT2D eigenvalue weighted by Crippen LogP contribution is 2.15. The van der Waals surface area contributed by atoms with Crippen LogP contribution >= 0.6 is 0 Å². The second-order valence-corrected chi connectivity index (χ2v) is 3.07. The summed E-state index contributed by atoms with van der Waals surface area (Å²) in [7, 11) is 0. The van der Waals surface area contributed by atoms with Gasteiger partial charge in [-0.2, -0.15) is 0 Å². The molecule has 0 saturated carbocycles. The number of carboxylic acids is 1. The summed E-state index contributed by atoms with van der Waals surface area (Å²) in [4.78, 5) is 10.5. The maximum absolute atomic E-state index is 10.5. The molecule has 0 amide bonds.